The SMILES string of the molecule is C=CCN1[C@H](COC(c2ccccc2)(c2ccccc2)c2ccccc2)[C@H](c2ccc(Br)cc2)[C@H]1CN(CC=C)S(=O)(=O)c1ccccc1[N+](=O)[O-]. The summed E-state index contributed by atoms with van der Waals surface area (Å²) in [5.41, 5.74) is 2.53. The molecule has 0 unspecified atom stereocenters. The fourth-order valence-corrected chi connectivity index (χ4v) is 9.20. The van der Waals surface area contributed by atoms with Crippen molar-refractivity contribution in [3.8, 4) is 0 Å². The second-order valence-corrected chi connectivity index (χ2v) is 15.4. The Bertz CT molecular complexity index is 2000. The maximum Gasteiger partial charge on any atom is 0.289 e. The summed E-state index contributed by atoms with van der Waals surface area (Å²) in [5.74, 6) is -0.165. The quantitative estimate of drug-likeness (QED) is 0.0432. The zero-order chi connectivity index (χ0) is 36.7. The lowest BCUT2D eigenvalue weighted by Crippen LogP contribution is -2.67. The van der Waals surface area contributed by atoms with E-state index in [1.165, 1.54) is 34.6 Å². The van der Waals surface area contributed by atoms with Crippen LogP contribution in [0.15, 0.2) is 174 Å². The topological polar surface area (TPSA) is 93.0 Å². The van der Waals surface area contributed by atoms with Gasteiger partial charge < -0.3 is 4.74 Å². The van der Waals surface area contributed by atoms with E-state index in [-0.39, 0.29) is 36.0 Å². The van der Waals surface area contributed by atoms with E-state index < -0.39 is 26.2 Å². The van der Waals surface area contributed by atoms with Gasteiger partial charge in [0.2, 0.25) is 10.0 Å². The minimum absolute atomic E-state index is 0.0276. The molecule has 3 atom stereocenters. The third-order valence-electron chi connectivity index (χ3n) is 9.69. The number of para-hydroxylation sites is 1. The lowest BCUT2D eigenvalue weighted by Gasteiger charge is -2.57. The highest BCUT2D eigenvalue weighted by atomic mass is 79.9. The summed E-state index contributed by atoms with van der Waals surface area (Å²) in [6.45, 7) is 8.66. The van der Waals surface area contributed by atoms with Crippen LogP contribution in [-0.4, -0.2) is 60.9 Å². The molecule has 0 amide bonds. The second-order valence-electron chi connectivity index (χ2n) is 12.6. The first kappa shape index (κ1) is 37.1. The van der Waals surface area contributed by atoms with Crippen molar-refractivity contribution >= 4 is 31.6 Å². The minimum Gasteiger partial charge on any atom is -0.359 e. The molecule has 1 heterocycles. The van der Waals surface area contributed by atoms with Crippen molar-refractivity contribution in [3.63, 3.8) is 0 Å². The fourth-order valence-electron chi connectivity index (χ4n) is 7.35. The first-order valence-electron chi connectivity index (χ1n) is 17.0. The highest BCUT2D eigenvalue weighted by Gasteiger charge is 2.51. The molecular weight excluding hydrogens is 738 g/mol. The largest absolute Gasteiger partial charge is 0.359 e. The number of rotatable bonds is 16. The number of nitro benzene ring substituents is 1. The Balaban J connectivity index is 1.43. The fraction of sp³-hybridized carbons (Fsp3) is 0.190. The Labute approximate surface area is 314 Å². The van der Waals surface area contributed by atoms with Crippen molar-refractivity contribution in [3.05, 3.63) is 202 Å². The number of halogens is 1. The number of nitro groups is 1. The molecule has 1 aliphatic heterocycles. The highest BCUT2D eigenvalue weighted by Crippen LogP contribution is 2.46. The predicted octanol–water partition coefficient (Wildman–Crippen LogP) is 8.57. The molecule has 1 aliphatic rings. The van der Waals surface area contributed by atoms with E-state index in [9.17, 15) is 18.5 Å². The van der Waals surface area contributed by atoms with E-state index >= 15 is 0 Å². The van der Waals surface area contributed by atoms with Crippen LogP contribution in [0.25, 0.3) is 0 Å². The van der Waals surface area contributed by atoms with Gasteiger partial charge in [0, 0.05) is 48.2 Å². The number of ether oxygens (including phenoxy) is 1. The van der Waals surface area contributed by atoms with Crippen molar-refractivity contribution in [1.82, 2.24) is 9.21 Å². The van der Waals surface area contributed by atoms with Crippen molar-refractivity contribution < 1.29 is 18.1 Å². The minimum atomic E-state index is -4.29. The lowest BCUT2D eigenvalue weighted by atomic mass is 9.74. The van der Waals surface area contributed by atoms with Crippen LogP contribution >= 0.6 is 15.9 Å². The Hall–Kier alpha value is -4.71. The molecule has 1 saturated heterocycles. The average molecular weight is 779 g/mol. The Morgan fingerprint density at radius 1 is 0.769 bits per heavy atom. The molecule has 266 valence electrons. The van der Waals surface area contributed by atoms with Crippen molar-refractivity contribution in [2.75, 3.05) is 26.2 Å². The second kappa shape index (κ2) is 16.3. The lowest BCUT2D eigenvalue weighted by molar-refractivity contribution is -0.387. The van der Waals surface area contributed by atoms with Crippen LogP contribution in [0.1, 0.15) is 28.2 Å². The summed E-state index contributed by atoms with van der Waals surface area (Å²) < 4.78 is 37.9. The van der Waals surface area contributed by atoms with Crippen LogP contribution in [0.3, 0.4) is 0 Å². The van der Waals surface area contributed by atoms with E-state index in [0.717, 1.165) is 26.7 Å². The Morgan fingerprint density at radius 3 is 1.79 bits per heavy atom. The summed E-state index contributed by atoms with van der Waals surface area (Å²) in [5, 5.41) is 11.9. The van der Waals surface area contributed by atoms with E-state index in [4.69, 9.17) is 4.74 Å². The van der Waals surface area contributed by atoms with Crippen molar-refractivity contribution in [2.24, 2.45) is 0 Å². The molecule has 0 radical (unpaired) electrons. The summed E-state index contributed by atoms with van der Waals surface area (Å²) in [6.07, 6.45) is 3.32. The Morgan fingerprint density at radius 2 is 1.29 bits per heavy atom. The van der Waals surface area contributed by atoms with Gasteiger partial charge in [-0.2, -0.15) is 4.31 Å². The third kappa shape index (κ3) is 7.30. The van der Waals surface area contributed by atoms with Crippen LogP contribution in [0.4, 0.5) is 5.69 Å². The van der Waals surface area contributed by atoms with Gasteiger partial charge in [-0.3, -0.25) is 15.0 Å². The van der Waals surface area contributed by atoms with Gasteiger partial charge in [-0.1, -0.05) is 143 Å². The monoisotopic (exact) mass is 777 g/mol. The summed E-state index contributed by atoms with van der Waals surface area (Å²) in [7, 11) is -4.29. The molecule has 0 aromatic heterocycles. The molecule has 0 saturated carbocycles. The normalized spacial score (nSPS) is 17.7. The molecule has 52 heavy (non-hydrogen) atoms. The number of hydrogen-bond donors (Lipinski definition) is 0. The number of sulfonamides is 1. The smallest absolute Gasteiger partial charge is 0.289 e. The standard InChI is InChI=1S/C42H40BrN3O5S/c1-3-28-44(52(49,50)40-23-15-14-22-37(40)46(47)48)30-38-41(32-24-26-36(43)27-25-32)39(45(38)29-4-2)31-51-42(33-16-8-5-9-17-33,34-18-10-6-11-19-34)35-20-12-7-13-21-35/h3-27,38-39,41H,1-2,28-31H2/t38-,39-,41-/m1/s1. The maximum absolute atomic E-state index is 14.2. The van der Waals surface area contributed by atoms with E-state index in [0.29, 0.717) is 13.2 Å². The predicted molar refractivity (Wildman–Crippen MR) is 209 cm³/mol. The van der Waals surface area contributed by atoms with Crippen molar-refractivity contribution in [2.45, 2.75) is 28.5 Å². The van der Waals surface area contributed by atoms with Crippen LogP contribution in [-0.2, 0) is 20.4 Å². The zero-order valence-corrected chi connectivity index (χ0v) is 31.0. The molecule has 0 N–H and O–H groups in total. The van der Waals surface area contributed by atoms with Crippen LogP contribution in [0, 0.1) is 10.1 Å². The first-order valence-corrected chi connectivity index (χ1v) is 19.2. The zero-order valence-electron chi connectivity index (χ0n) is 28.6. The van der Waals surface area contributed by atoms with Gasteiger partial charge in [0.1, 0.15) is 5.60 Å². The third-order valence-corrected chi connectivity index (χ3v) is 12.1. The molecule has 0 aliphatic carbocycles. The van der Waals surface area contributed by atoms with E-state index in [1.54, 1.807) is 0 Å². The molecule has 10 heteroatoms. The molecule has 1 fully saturated rings. The van der Waals surface area contributed by atoms with Crippen molar-refractivity contribution in [1.29, 1.82) is 0 Å². The molecule has 6 rings (SSSR count). The summed E-state index contributed by atoms with van der Waals surface area (Å²) in [4.78, 5) is 13.1. The van der Waals surface area contributed by atoms with Gasteiger partial charge in [-0.15, -0.1) is 13.2 Å². The number of hydrogen-bond acceptors (Lipinski definition) is 6. The number of nitrogens with zero attached hydrogens (tertiary/aromatic N) is 3. The summed E-state index contributed by atoms with van der Waals surface area (Å²) >= 11 is 3.57. The molecular formula is C42H40BrN3O5S. The van der Waals surface area contributed by atoms with Gasteiger partial charge in [0.15, 0.2) is 4.90 Å². The maximum atomic E-state index is 14.2. The average Bonchev–Trinajstić information content (AvgIpc) is 3.17. The van der Waals surface area contributed by atoms with Crippen LogP contribution in [0.2, 0.25) is 0 Å². The van der Waals surface area contributed by atoms with E-state index in [1.807, 2.05) is 84.9 Å². The molecule has 0 bridgehead atoms. The van der Waals surface area contributed by atoms with Gasteiger partial charge in [-0.05, 0) is 40.5 Å². The number of likely N-dealkylation sites (tertiary alicyclic amines) is 1. The first-order chi connectivity index (χ1) is 25.2. The highest BCUT2D eigenvalue weighted by molar-refractivity contribution is 9.10. The van der Waals surface area contributed by atoms with Crippen LogP contribution in [0.5, 0.6) is 0 Å². The van der Waals surface area contributed by atoms with Gasteiger partial charge in [-0.25, -0.2) is 8.42 Å². The van der Waals surface area contributed by atoms with Gasteiger partial charge in [0.25, 0.3) is 5.69 Å². The molecule has 0 spiro atoms. The summed E-state index contributed by atoms with van der Waals surface area (Å²) in [6, 6.07) is 43.5. The number of benzene rings is 5. The van der Waals surface area contributed by atoms with E-state index in [2.05, 4.69) is 70.4 Å². The van der Waals surface area contributed by atoms with Gasteiger partial charge in [0.05, 0.1) is 11.5 Å². The van der Waals surface area contributed by atoms with Gasteiger partial charge >= 0.3 is 0 Å². The van der Waals surface area contributed by atoms with Crippen LogP contribution < -0.4 is 0 Å². The molecule has 8 nitrogen and oxygen atoms in total. The Kier molecular flexibility index (Phi) is 11.6. The molecule has 5 aromatic rings. The molecule has 5 aromatic carbocycles.